The summed E-state index contributed by atoms with van der Waals surface area (Å²) < 4.78 is 0. The second-order valence-electron chi connectivity index (χ2n) is 5.45. The summed E-state index contributed by atoms with van der Waals surface area (Å²) in [5, 5.41) is 8.58. The SMILES string of the molecule is O=C(O)CCCC/C=C/c1cccc(Cc2ccccc2)c1. The molecule has 2 heteroatoms. The van der Waals surface area contributed by atoms with Gasteiger partial charge in [0.2, 0.25) is 0 Å². The number of carbonyl (C=O) groups is 1. The Morgan fingerprint density at radius 1 is 0.955 bits per heavy atom. The van der Waals surface area contributed by atoms with Gasteiger partial charge in [0.15, 0.2) is 0 Å². The third-order valence-corrected chi connectivity index (χ3v) is 3.52. The maximum Gasteiger partial charge on any atom is 0.303 e. The minimum Gasteiger partial charge on any atom is -0.481 e. The fourth-order valence-electron chi connectivity index (χ4n) is 2.40. The summed E-state index contributed by atoms with van der Waals surface area (Å²) in [4.78, 5) is 10.4. The van der Waals surface area contributed by atoms with Crippen molar-refractivity contribution in [2.45, 2.75) is 32.1 Å². The Morgan fingerprint density at radius 3 is 2.50 bits per heavy atom. The van der Waals surface area contributed by atoms with Gasteiger partial charge in [-0.25, -0.2) is 0 Å². The first kappa shape index (κ1) is 16.0. The van der Waals surface area contributed by atoms with E-state index in [-0.39, 0.29) is 6.42 Å². The van der Waals surface area contributed by atoms with Crippen molar-refractivity contribution < 1.29 is 9.90 Å². The third-order valence-electron chi connectivity index (χ3n) is 3.52. The van der Waals surface area contributed by atoms with E-state index in [9.17, 15) is 4.79 Å². The van der Waals surface area contributed by atoms with E-state index < -0.39 is 5.97 Å². The van der Waals surface area contributed by atoms with Crippen molar-refractivity contribution in [2.75, 3.05) is 0 Å². The molecule has 0 fully saturated rings. The van der Waals surface area contributed by atoms with Crippen LogP contribution in [-0.2, 0) is 11.2 Å². The van der Waals surface area contributed by atoms with Gasteiger partial charge in [0.1, 0.15) is 0 Å². The van der Waals surface area contributed by atoms with E-state index in [2.05, 4.69) is 60.7 Å². The normalized spacial score (nSPS) is 10.9. The van der Waals surface area contributed by atoms with Gasteiger partial charge in [-0.05, 0) is 42.4 Å². The van der Waals surface area contributed by atoms with Crippen LogP contribution in [0.15, 0.2) is 60.7 Å². The molecule has 0 aromatic heterocycles. The maximum atomic E-state index is 10.4. The molecular weight excluding hydrogens is 272 g/mol. The molecule has 0 aliphatic carbocycles. The van der Waals surface area contributed by atoms with Crippen LogP contribution in [0, 0.1) is 0 Å². The lowest BCUT2D eigenvalue weighted by molar-refractivity contribution is -0.137. The molecule has 0 heterocycles. The smallest absolute Gasteiger partial charge is 0.303 e. The Balaban J connectivity index is 1.84. The van der Waals surface area contributed by atoms with Gasteiger partial charge in [-0.15, -0.1) is 0 Å². The second-order valence-corrected chi connectivity index (χ2v) is 5.45. The van der Waals surface area contributed by atoms with Crippen LogP contribution in [-0.4, -0.2) is 11.1 Å². The fraction of sp³-hybridized carbons (Fsp3) is 0.250. The van der Waals surface area contributed by atoms with Crippen molar-refractivity contribution in [3.8, 4) is 0 Å². The van der Waals surface area contributed by atoms with Gasteiger partial charge < -0.3 is 5.11 Å². The predicted octanol–water partition coefficient (Wildman–Crippen LogP) is 4.94. The number of unbranched alkanes of at least 4 members (excludes halogenated alkanes) is 2. The summed E-state index contributed by atoms with van der Waals surface area (Å²) in [5.41, 5.74) is 3.82. The Morgan fingerprint density at radius 2 is 1.73 bits per heavy atom. The molecule has 114 valence electrons. The molecule has 0 aliphatic heterocycles. The molecule has 2 aromatic carbocycles. The predicted molar refractivity (Wildman–Crippen MR) is 90.8 cm³/mol. The molecule has 22 heavy (non-hydrogen) atoms. The van der Waals surface area contributed by atoms with Crippen molar-refractivity contribution in [1.29, 1.82) is 0 Å². The lowest BCUT2D eigenvalue weighted by Crippen LogP contribution is -1.92. The van der Waals surface area contributed by atoms with E-state index >= 15 is 0 Å². The first-order valence-corrected chi connectivity index (χ1v) is 7.75. The zero-order chi connectivity index (χ0) is 15.6. The zero-order valence-electron chi connectivity index (χ0n) is 12.7. The quantitative estimate of drug-likeness (QED) is 0.700. The number of carboxylic acids is 1. The first-order chi connectivity index (χ1) is 10.7. The largest absolute Gasteiger partial charge is 0.481 e. The fourth-order valence-corrected chi connectivity index (χ4v) is 2.40. The summed E-state index contributed by atoms with van der Waals surface area (Å²) in [5.74, 6) is -0.711. The van der Waals surface area contributed by atoms with Crippen LogP contribution in [0.25, 0.3) is 6.08 Å². The molecule has 2 aromatic rings. The number of hydrogen-bond acceptors (Lipinski definition) is 1. The number of aliphatic carboxylic acids is 1. The van der Waals surface area contributed by atoms with Gasteiger partial charge in [-0.1, -0.05) is 66.7 Å². The molecule has 2 rings (SSSR count). The summed E-state index contributed by atoms with van der Waals surface area (Å²) in [6, 6.07) is 19.0. The van der Waals surface area contributed by atoms with Gasteiger partial charge in [0.25, 0.3) is 0 Å². The molecule has 0 bridgehead atoms. The van der Waals surface area contributed by atoms with Crippen molar-refractivity contribution in [2.24, 2.45) is 0 Å². The van der Waals surface area contributed by atoms with Gasteiger partial charge in [0.05, 0.1) is 0 Å². The van der Waals surface area contributed by atoms with Crippen LogP contribution in [0.2, 0.25) is 0 Å². The van der Waals surface area contributed by atoms with Gasteiger partial charge >= 0.3 is 5.97 Å². The molecule has 1 N–H and O–H groups in total. The topological polar surface area (TPSA) is 37.3 Å². The van der Waals surface area contributed by atoms with E-state index in [1.807, 2.05) is 6.07 Å². The molecule has 0 aliphatic rings. The first-order valence-electron chi connectivity index (χ1n) is 7.75. The van der Waals surface area contributed by atoms with Crippen molar-refractivity contribution >= 4 is 12.0 Å². The molecule has 0 spiro atoms. The lowest BCUT2D eigenvalue weighted by atomic mass is 10.0. The van der Waals surface area contributed by atoms with Gasteiger partial charge in [-0.2, -0.15) is 0 Å². The molecule has 0 saturated heterocycles. The van der Waals surface area contributed by atoms with Crippen molar-refractivity contribution in [3.63, 3.8) is 0 Å². The summed E-state index contributed by atoms with van der Waals surface area (Å²) >= 11 is 0. The Bertz CT molecular complexity index is 615. The average Bonchev–Trinajstić information content (AvgIpc) is 2.52. The number of carboxylic acid groups (broad SMARTS) is 1. The molecule has 2 nitrogen and oxygen atoms in total. The molecular formula is C20H22O2. The summed E-state index contributed by atoms with van der Waals surface area (Å²) in [7, 11) is 0. The van der Waals surface area contributed by atoms with Crippen LogP contribution >= 0.6 is 0 Å². The van der Waals surface area contributed by atoms with Crippen LogP contribution in [0.3, 0.4) is 0 Å². The average molecular weight is 294 g/mol. The van der Waals surface area contributed by atoms with E-state index in [0.717, 1.165) is 25.7 Å². The van der Waals surface area contributed by atoms with Crippen LogP contribution in [0.4, 0.5) is 0 Å². The highest BCUT2D eigenvalue weighted by Gasteiger charge is 1.97. The van der Waals surface area contributed by atoms with Crippen LogP contribution < -0.4 is 0 Å². The highest BCUT2D eigenvalue weighted by molar-refractivity contribution is 5.66. The number of benzene rings is 2. The number of hydrogen-bond donors (Lipinski definition) is 1. The highest BCUT2D eigenvalue weighted by atomic mass is 16.4. The molecule has 0 atom stereocenters. The van der Waals surface area contributed by atoms with Crippen molar-refractivity contribution in [1.82, 2.24) is 0 Å². The molecule has 0 unspecified atom stereocenters. The molecule has 0 radical (unpaired) electrons. The molecule has 0 amide bonds. The lowest BCUT2D eigenvalue weighted by Gasteiger charge is -2.03. The van der Waals surface area contributed by atoms with E-state index in [4.69, 9.17) is 5.11 Å². The van der Waals surface area contributed by atoms with Crippen molar-refractivity contribution in [3.05, 3.63) is 77.4 Å². The minimum atomic E-state index is -0.711. The summed E-state index contributed by atoms with van der Waals surface area (Å²) in [6.07, 6.45) is 8.05. The Hall–Kier alpha value is -2.35. The Kier molecular flexibility index (Phi) is 6.43. The Labute approximate surface area is 132 Å². The number of allylic oxidation sites excluding steroid dienone is 1. The van der Waals surface area contributed by atoms with Gasteiger partial charge in [-0.3, -0.25) is 4.79 Å². The zero-order valence-corrected chi connectivity index (χ0v) is 12.7. The third kappa shape index (κ3) is 5.96. The number of rotatable bonds is 8. The maximum absolute atomic E-state index is 10.4. The second kappa shape index (κ2) is 8.83. The van der Waals surface area contributed by atoms with E-state index in [1.54, 1.807) is 0 Å². The standard InChI is InChI=1S/C20H22O2/c21-20(22)14-7-2-1-4-9-18-12-8-13-19(16-18)15-17-10-5-3-6-11-17/h3-6,8-13,16H,1-2,7,14-15H2,(H,21,22)/b9-4+. The highest BCUT2D eigenvalue weighted by Crippen LogP contribution is 2.13. The van der Waals surface area contributed by atoms with Crippen LogP contribution in [0.5, 0.6) is 0 Å². The van der Waals surface area contributed by atoms with E-state index in [1.165, 1.54) is 16.7 Å². The van der Waals surface area contributed by atoms with E-state index in [0.29, 0.717) is 0 Å². The summed E-state index contributed by atoms with van der Waals surface area (Å²) in [6.45, 7) is 0. The van der Waals surface area contributed by atoms with Gasteiger partial charge in [0, 0.05) is 6.42 Å². The minimum absolute atomic E-state index is 0.264. The van der Waals surface area contributed by atoms with Crippen LogP contribution in [0.1, 0.15) is 42.4 Å². The monoisotopic (exact) mass is 294 g/mol. The molecule has 0 saturated carbocycles.